The van der Waals surface area contributed by atoms with E-state index in [-0.39, 0.29) is 0 Å². The molecule has 1 heteroatoms. The van der Waals surface area contributed by atoms with Gasteiger partial charge in [0.05, 0.1) is 0 Å². The molecule has 1 saturated carbocycles. The molecule has 2 fully saturated rings. The van der Waals surface area contributed by atoms with Crippen molar-refractivity contribution < 1.29 is 0 Å². The molecule has 1 heterocycles. The summed E-state index contributed by atoms with van der Waals surface area (Å²) >= 11 is 0. The first-order valence-electron chi connectivity index (χ1n) is 5.90. The van der Waals surface area contributed by atoms with Crippen LogP contribution >= 0.6 is 0 Å². The lowest BCUT2D eigenvalue weighted by Gasteiger charge is -2.42. The predicted molar refractivity (Wildman–Crippen MR) is 56.7 cm³/mol. The van der Waals surface area contributed by atoms with E-state index in [1.54, 1.807) is 0 Å². The summed E-state index contributed by atoms with van der Waals surface area (Å²) < 4.78 is 0. The van der Waals surface area contributed by atoms with Crippen LogP contribution in [0.5, 0.6) is 0 Å². The minimum atomic E-state index is 0.902. The molecule has 0 aromatic rings. The second-order valence-electron chi connectivity index (χ2n) is 5.34. The minimum Gasteiger partial charge on any atom is -0.303 e. The van der Waals surface area contributed by atoms with Crippen LogP contribution in [0.3, 0.4) is 0 Å². The van der Waals surface area contributed by atoms with Crippen LogP contribution in [-0.2, 0) is 0 Å². The van der Waals surface area contributed by atoms with E-state index >= 15 is 0 Å². The predicted octanol–water partition coefficient (Wildman–Crippen LogP) is 2.76. The second kappa shape index (κ2) is 3.61. The van der Waals surface area contributed by atoms with Gasteiger partial charge in [0.2, 0.25) is 0 Å². The average molecular weight is 181 g/mol. The molecule has 0 bridgehead atoms. The lowest BCUT2D eigenvalue weighted by molar-refractivity contribution is 0.0670. The molecular weight excluding hydrogens is 158 g/mol. The van der Waals surface area contributed by atoms with Gasteiger partial charge in [0.15, 0.2) is 0 Å². The van der Waals surface area contributed by atoms with Crippen LogP contribution in [0, 0.1) is 17.8 Å². The van der Waals surface area contributed by atoms with Crippen molar-refractivity contribution in [3.05, 3.63) is 0 Å². The topological polar surface area (TPSA) is 3.24 Å². The molecule has 1 saturated heterocycles. The zero-order chi connectivity index (χ0) is 9.42. The summed E-state index contributed by atoms with van der Waals surface area (Å²) in [5.74, 6) is 2.95. The van der Waals surface area contributed by atoms with Crippen molar-refractivity contribution >= 4 is 0 Å². The number of nitrogens with zero attached hydrogens (tertiary/aromatic N) is 1. The molecule has 1 aliphatic heterocycles. The number of fused-ring (bicyclic) bond motifs is 1. The lowest BCUT2D eigenvalue weighted by atomic mass is 9.75. The first kappa shape index (κ1) is 9.51. The summed E-state index contributed by atoms with van der Waals surface area (Å²) in [6, 6.07) is 0.932. The molecule has 0 amide bonds. The van der Waals surface area contributed by atoms with Crippen molar-refractivity contribution in [2.24, 2.45) is 17.8 Å². The van der Waals surface area contributed by atoms with Gasteiger partial charge in [-0.1, -0.05) is 20.3 Å². The normalized spacial score (nSPS) is 41.1. The first-order chi connectivity index (χ1) is 6.20. The Labute approximate surface area is 82.5 Å². The van der Waals surface area contributed by atoms with E-state index in [0.29, 0.717) is 0 Å². The molecule has 2 aliphatic rings. The zero-order valence-corrected chi connectivity index (χ0v) is 9.29. The van der Waals surface area contributed by atoms with E-state index < -0.39 is 0 Å². The highest BCUT2D eigenvalue weighted by Crippen LogP contribution is 2.42. The standard InChI is InChI=1S/C12H23N/c1-9(2)10-7-8-13(3)12-6-4-5-11(10)12/h9-12H,4-8H2,1-3H3. The molecule has 0 aromatic carbocycles. The summed E-state index contributed by atoms with van der Waals surface area (Å²) in [5, 5.41) is 0. The summed E-state index contributed by atoms with van der Waals surface area (Å²) in [7, 11) is 2.32. The highest BCUT2D eigenvalue weighted by molar-refractivity contribution is 4.93. The maximum absolute atomic E-state index is 2.61. The highest BCUT2D eigenvalue weighted by Gasteiger charge is 2.40. The molecule has 1 aliphatic carbocycles. The van der Waals surface area contributed by atoms with Crippen molar-refractivity contribution in [2.75, 3.05) is 13.6 Å². The summed E-state index contributed by atoms with van der Waals surface area (Å²) in [6.45, 7) is 6.15. The summed E-state index contributed by atoms with van der Waals surface area (Å²) in [5.41, 5.74) is 0. The van der Waals surface area contributed by atoms with Gasteiger partial charge >= 0.3 is 0 Å². The third-order valence-electron chi connectivity index (χ3n) is 4.32. The Morgan fingerprint density at radius 3 is 2.62 bits per heavy atom. The van der Waals surface area contributed by atoms with Crippen LogP contribution in [0.4, 0.5) is 0 Å². The Morgan fingerprint density at radius 2 is 1.92 bits per heavy atom. The molecule has 0 spiro atoms. The fourth-order valence-corrected chi connectivity index (χ4v) is 3.58. The number of rotatable bonds is 1. The number of hydrogen-bond donors (Lipinski definition) is 0. The van der Waals surface area contributed by atoms with Gasteiger partial charge in [-0.15, -0.1) is 0 Å². The van der Waals surface area contributed by atoms with Crippen LogP contribution in [0.1, 0.15) is 39.5 Å². The van der Waals surface area contributed by atoms with Gasteiger partial charge in [0, 0.05) is 6.04 Å². The molecule has 0 N–H and O–H groups in total. The smallest absolute Gasteiger partial charge is 0.0123 e. The molecule has 76 valence electrons. The fraction of sp³-hybridized carbons (Fsp3) is 1.00. The third-order valence-corrected chi connectivity index (χ3v) is 4.32. The summed E-state index contributed by atoms with van der Waals surface area (Å²) in [6.07, 6.45) is 5.88. The molecule has 2 rings (SSSR count). The molecule has 0 aromatic heterocycles. The van der Waals surface area contributed by atoms with Crippen molar-refractivity contribution in [1.29, 1.82) is 0 Å². The van der Waals surface area contributed by atoms with E-state index in [4.69, 9.17) is 0 Å². The Morgan fingerprint density at radius 1 is 1.15 bits per heavy atom. The maximum atomic E-state index is 2.61. The van der Waals surface area contributed by atoms with E-state index in [9.17, 15) is 0 Å². The van der Waals surface area contributed by atoms with E-state index in [1.165, 1.54) is 32.2 Å². The first-order valence-corrected chi connectivity index (χ1v) is 5.90. The molecule has 13 heavy (non-hydrogen) atoms. The largest absolute Gasteiger partial charge is 0.303 e. The number of likely N-dealkylation sites (tertiary alicyclic amines) is 1. The van der Waals surface area contributed by atoms with Crippen LogP contribution in [-0.4, -0.2) is 24.5 Å². The molecule has 3 atom stereocenters. The van der Waals surface area contributed by atoms with Gasteiger partial charge in [-0.2, -0.15) is 0 Å². The van der Waals surface area contributed by atoms with E-state index in [1.807, 2.05) is 0 Å². The Bertz CT molecular complexity index is 176. The maximum Gasteiger partial charge on any atom is 0.0123 e. The van der Waals surface area contributed by atoms with Crippen molar-refractivity contribution in [2.45, 2.75) is 45.6 Å². The van der Waals surface area contributed by atoms with Gasteiger partial charge in [-0.25, -0.2) is 0 Å². The van der Waals surface area contributed by atoms with Crippen LogP contribution < -0.4 is 0 Å². The van der Waals surface area contributed by atoms with Gasteiger partial charge < -0.3 is 4.90 Å². The lowest BCUT2D eigenvalue weighted by Crippen LogP contribution is -2.45. The second-order valence-corrected chi connectivity index (χ2v) is 5.34. The third kappa shape index (κ3) is 1.63. The van der Waals surface area contributed by atoms with Gasteiger partial charge in [0.25, 0.3) is 0 Å². The fourth-order valence-electron chi connectivity index (χ4n) is 3.58. The molecular formula is C12H23N. The molecule has 3 unspecified atom stereocenters. The van der Waals surface area contributed by atoms with Crippen LogP contribution in [0.15, 0.2) is 0 Å². The molecule has 0 radical (unpaired) electrons. The van der Waals surface area contributed by atoms with E-state index in [0.717, 1.165) is 23.8 Å². The number of hydrogen-bond acceptors (Lipinski definition) is 1. The summed E-state index contributed by atoms with van der Waals surface area (Å²) in [4.78, 5) is 2.61. The quantitative estimate of drug-likeness (QED) is 0.601. The monoisotopic (exact) mass is 181 g/mol. The number of piperidine rings is 1. The minimum absolute atomic E-state index is 0.902. The highest BCUT2D eigenvalue weighted by atomic mass is 15.1. The van der Waals surface area contributed by atoms with Gasteiger partial charge in [-0.05, 0) is 50.6 Å². The van der Waals surface area contributed by atoms with Crippen LogP contribution in [0.2, 0.25) is 0 Å². The average Bonchev–Trinajstić information content (AvgIpc) is 2.53. The Hall–Kier alpha value is -0.0400. The zero-order valence-electron chi connectivity index (χ0n) is 9.29. The Kier molecular flexibility index (Phi) is 2.64. The Balaban J connectivity index is 2.08. The van der Waals surface area contributed by atoms with Crippen molar-refractivity contribution in [3.63, 3.8) is 0 Å². The molecule has 1 nitrogen and oxygen atoms in total. The van der Waals surface area contributed by atoms with Gasteiger partial charge in [-0.3, -0.25) is 0 Å². The van der Waals surface area contributed by atoms with Crippen molar-refractivity contribution in [1.82, 2.24) is 4.90 Å². The SMILES string of the molecule is CC(C)C1CCN(C)C2CCCC12. The van der Waals surface area contributed by atoms with Crippen LogP contribution in [0.25, 0.3) is 0 Å². The van der Waals surface area contributed by atoms with Crippen molar-refractivity contribution in [3.8, 4) is 0 Å². The van der Waals surface area contributed by atoms with Gasteiger partial charge in [0.1, 0.15) is 0 Å². The van der Waals surface area contributed by atoms with E-state index in [2.05, 4.69) is 25.8 Å².